The average Bonchev–Trinajstić information content (AvgIpc) is 2.89. The van der Waals surface area contributed by atoms with E-state index < -0.39 is 0 Å². The third kappa shape index (κ3) is 4.79. The Morgan fingerprint density at radius 3 is 2.59 bits per heavy atom. The van der Waals surface area contributed by atoms with Crippen molar-refractivity contribution < 1.29 is 19.2 Å². The lowest BCUT2D eigenvalue weighted by Gasteiger charge is -2.29. The number of anilines is 1. The lowest BCUT2D eigenvalue weighted by molar-refractivity contribution is -0.736. The van der Waals surface area contributed by atoms with Gasteiger partial charge in [-0.2, -0.15) is 9.78 Å². The van der Waals surface area contributed by atoms with Gasteiger partial charge in [-0.1, -0.05) is 25.5 Å². The van der Waals surface area contributed by atoms with Crippen molar-refractivity contribution in [3.63, 3.8) is 0 Å². The summed E-state index contributed by atoms with van der Waals surface area (Å²) in [5.74, 6) is 0.689. The molecule has 1 aliphatic heterocycles. The van der Waals surface area contributed by atoms with E-state index in [2.05, 4.69) is 10.00 Å². The van der Waals surface area contributed by atoms with Crippen LogP contribution in [-0.4, -0.2) is 55.2 Å². The predicted octanol–water partition coefficient (Wildman–Crippen LogP) is 3.67. The minimum absolute atomic E-state index is 0.194. The normalized spacial score (nSPS) is 13.6. The van der Waals surface area contributed by atoms with Gasteiger partial charge in [0.05, 0.1) is 30.9 Å². The average molecular weight is 466 g/mol. The molecule has 1 aliphatic rings. The Morgan fingerprint density at radius 1 is 1.09 bits per heavy atom. The van der Waals surface area contributed by atoms with Gasteiger partial charge in [0.15, 0.2) is 12.8 Å². The second kappa shape index (κ2) is 10.5. The second-order valence-electron chi connectivity index (χ2n) is 7.97. The maximum absolute atomic E-state index is 13.5. The smallest absolute Gasteiger partial charge is 0.342 e. The molecule has 34 heavy (non-hydrogen) atoms. The minimum Gasteiger partial charge on any atom is -0.497 e. The van der Waals surface area contributed by atoms with Crippen LogP contribution in [0.15, 0.2) is 53.3 Å². The molecule has 0 unspecified atom stereocenters. The molecular formula is C25H29N4O5+. The van der Waals surface area contributed by atoms with Crippen molar-refractivity contribution in [2.45, 2.75) is 19.8 Å². The molecule has 0 radical (unpaired) electrons. The molecule has 0 aliphatic carbocycles. The summed E-state index contributed by atoms with van der Waals surface area (Å²) in [6.45, 7) is 4.69. The van der Waals surface area contributed by atoms with E-state index in [1.165, 1.54) is 11.8 Å². The van der Waals surface area contributed by atoms with Gasteiger partial charge >= 0.3 is 5.69 Å². The summed E-state index contributed by atoms with van der Waals surface area (Å²) >= 11 is 0. The number of ether oxygens (including phenoxy) is 2. The Hall–Kier alpha value is -3.72. The zero-order chi connectivity index (χ0) is 24.1. The van der Waals surface area contributed by atoms with Crippen LogP contribution in [0.3, 0.4) is 0 Å². The Bertz CT molecular complexity index is 1230. The summed E-state index contributed by atoms with van der Waals surface area (Å²) in [5.41, 5.74) is 3.20. The topological polar surface area (TPSA) is 85.9 Å². The van der Waals surface area contributed by atoms with E-state index in [4.69, 9.17) is 14.3 Å². The van der Waals surface area contributed by atoms with Crippen molar-refractivity contribution in [3.05, 3.63) is 69.4 Å². The molecule has 9 nitrogen and oxygen atoms in total. The van der Waals surface area contributed by atoms with Crippen LogP contribution < -0.4 is 15.2 Å². The van der Waals surface area contributed by atoms with Gasteiger partial charge < -0.3 is 14.4 Å². The first-order valence-electron chi connectivity index (χ1n) is 11.3. The standard InChI is InChI=1S/C25H29N4O5/c1-4-6-19-16-22(18-7-5-8-21(15-18)32-2)26-28(25(19)30)24-17-20(27-11-13-34-14-12-27)9-10-23(24)29(31)33-3/h5,7-10,15-17H,4,6,11-14H2,1-3H3/q+1. The highest BCUT2D eigenvalue weighted by molar-refractivity contribution is 5.65. The quantitative estimate of drug-likeness (QED) is 0.469. The molecule has 9 heteroatoms. The zero-order valence-corrected chi connectivity index (χ0v) is 19.7. The van der Waals surface area contributed by atoms with Crippen LogP contribution in [0.25, 0.3) is 16.9 Å². The van der Waals surface area contributed by atoms with Crippen molar-refractivity contribution in [1.29, 1.82) is 0 Å². The summed E-state index contributed by atoms with van der Waals surface area (Å²) in [5, 5.41) is 4.68. The molecule has 0 bridgehead atoms. The largest absolute Gasteiger partial charge is 0.497 e. The zero-order valence-electron chi connectivity index (χ0n) is 19.7. The SMILES string of the molecule is CCCc1cc(-c2cccc(OC)c2)nn(-c2cc(N3CCOCC3)ccc2[N+](=O)OC)c1=O. The number of nitrogens with zero attached hydrogens (tertiary/aromatic N) is 4. The van der Waals surface area contributed by atoms with Crippen LogP contribution in [0.1, 0.15) is 18.9 Å². The first-order valence-corrected chi connectivity index (χ1v) is 11.3. The van der Waals surface area contributed by atoms with Crippen LogP contribution in [0.2, 0.25) is 0 Å². The summed E-state index contributed by atoms with van der Waals surface area (Å²) < 4.78 is 12.1. The number of hydrogen-bond donors (Lipinski definition) is 0. The Balaban J connectivity index is 1.93. The third-order valence-corrected chi connectivity index (χ3v) is 5.80. The summed E-state index contributed by atoms with van der Waals surface area (Å²) in [6, 6.07) is 14.6. The van der Waals surface area contributed by atoms with E-state index in [-0.39, 0.29) is 11.2 Å². The molecule has 2 heterocycles. The van der Waals surface area contributed by atoms with Crippen LogP contribution in [0.4, 0.5) is 11.4 Å². The van der Waals surface area contributed by atoms with E-state index in [1.807, 2.05) is 49.4 Å². The van der Waals surface area contributed by atoms with Gasteiger partial charge in [0, 0.05) is 36.0 Å². The Kier molecular flexibility index (Phi) is 7.22. The van der Waals surface area contributed by atoms with Gasteiger partial charge in [-0.05, 0) is 36.8 Å². The van der Waals surface area contributed by atoms with E-state index in [1.54, 1.807) is 13.2 Å². The first-order chi connectivity index (χ1) is 16.5. The number of aromatic nitrogens is 2. The molecule has 0 amide bonds. The van der Waals surface area contributed by atoms with E-state index in [9.17, 15) is 9.70 Å². The molecule has 4 rings (SSSR count). The molecule has 178 valence electrons. The predicted molar refractivity (Wildman–Crippen MR) is 129 cm³/mol. The second-order valence-corrected chi connectivity index (χ2v) is 7.97. The molecule has 0 N–H and O–H groups in total. The van der Waals surface area contributed by atoms with E-state index in [0.29, 0.717) is 47.3 Å². The van der Waals surface area contributed by atoms with Crippen LogP contribution in [0.5, 0.6) is 5.75 Å². The van der Waals surface area contributed by atoms with Crippen molar-refractivity contribution in [1.82, 2.24) is 9.78 Å². The summed E-state index contributed by atoms with van der Waals surface area (Å²) in [6.07, 6.45) is 1.38. The number of benzene rings is 2. The minimum atomic E-state index is -0.265. The maximum atomic E-state index is 13.5. The maximum Gasteiger partial charge on any atom is 0.342 e. The number of aryl methyl sites for hydroxylation is 1. The molecule has 3 aromatic rings. The van der Waals surface area contributed by atoms with Crippen LogP contribution in [0, 0.1) is 4.91 Å². The highest BCUT2D eigenvalue weighted by Gasteiger charge is 2.26. The highest BCUT2D eigenvalue weighted by Crippen LogP contribution is 2.29. The van der Waals surface area contributed by atoms with Gasteiger partial charge in [-0.25, -0.2) is 4.84 Å². The van der Waals surface area contributed by atoms with Crippen molar-refractivity contribution in [3.8, 4) is 22.7 Å². The number of methoxy groups -OCH3 is 1. The lowest BCUT2D eigenvalue weighted by atomic mass is 10.1. The van der Waals surface area contributed by atoms with Crippen LogP contribution >= 0.6 is 0 Å². The molecule has 0 atom stereocenters. The fraction of sp³-hybridized carbons (Fsp3) is 0.360. The number of rotatable bonds is 8. The Labute approximate surface area is 198 Å². The molecular weight excluding hydrogens is 436 g/mol. The monoisotopic (exact) mass is 465 g/mol. The lowest BCUT2D eigenvalue weighted by Crippen LogP contribution is -2.36. The molecule has 1 aromatic heterocycles. The van der Waals surface area contributed by atoms with E-state index >= 15 is 0 Å². The molecule has 1 fully saturated rings. The van der Waals surface area contributed by atoms with Gasteiger partial charge in [0.2, 0.25) is 0 Å². The highest BCUT2D eigenvalue weighted by atomic mass is 16.8. The summed E-state index contributed by atoms with van der Waals surface area (Å²) in [4.78, 5) is 33.5. The fourth-order valence-electron chi connectivity index (χ4n) is 4.03. The van der Waals surface area contributed by atoms with Gasteiger partial charge in [0.25, 0.3) is 10.5 Å². The number of hydrogen-bond acceptors (Lipinski definition) is 7. The number of morpholine rings is 1. The van der Waals surface area contributed by atoms with E-state index in [0.717, 1.165) is 30.8 Å². The summed E-state index contributed by atoms with van der Waals surface area (Å²) in [7, 11) is 2.89. The molecule has 0 spiro atoms. The molecule has 1 saturated heterocycles. The van der Waals surface area contributed by atoms with Crippen LogP contribution in [-0.2, 0) is 16.0 Å². The van der Waals surface area contributed by atoms with Crippen molar-refractivity contribution >= 4 is 11.4 Å². The fourth-order valence-corrected chi connectivity index (χ4v) is 4.03. The molecule has 0 saturated carbocycles. The first kappa shape index (κ1) is 23.4. The Morgan fingerprint density at radius 2 is 1.88 bits per heavy atom. The van der Waals surface area contributed by atoms with Crippen molar-refractivity contribution in [2.75, 3.05) is 45.4 Å². The van der Waals surface area contributed by atoms with Crippen molar-refractivity contribution in [2.24, 2.45) is 0 Å². The van der Waals surface area contributed by atoms with Gasteiger partial charge in [0.1, 0.15) is 5.75 Å². The third-order valence-electron chi connectivity index (χ3n) is 5.80. The van der Waals surface area contributed by atoms with Gasteiger partial charge in [-0.15, -0.1) is 0 Å². The van der Waals surface area contributed by atoms with Gasteiger partial charge in [-0.3, -0.25) is 4.79 Å². The molecule has 2 aromatic carbocycles.